The molecule has 13 nitrogen and oxygen atoms in total. The molecule has 3 amide bonds. The number of amides is 3. The molecule has 1 aromatic heterocycles. The third-order valence-corrected chi connectivity index (χ3v) is 5.75. The summed E-state index contributed by atoms with van der Waals surface area (Å²) >= 11 is 0. The van der Waals surface area contributed by atoms with E-state index in [-0.39, 0.29) is 23.3 Å². The van der Waals surface area contributed by atoms with Crippen LogP contribution in [0, 0.1) is 13.8 Å². The average Bonchev–Trinajstić information content (AvgIpc) is 3.64. The topological polar surface area (TPSA) is 193 Å². The number of aromatic nitrogens is 1. The number of imide groups is 1. The van der Waals surface area contributed by atoms with E-state index in [1.807, 2.05) is 13.8 Å². The van der Waals surface area contributed by atoms with Crippen molar-refractivity contribution in [3.63, 3.8) is 0 Å². The maximum atomic E-state index is 13.3. The van der Waals surface area contributed by atoms with E-state index in [0.717, 1.165) is 10.5 Å². The maximum absolute atomic E-state index is 13.3. The molecule has 0 radical (unpaired) electrons. The lowest BCUT2D eigenvalue weighted by Crippen LogP contribution is -2.39. The zero-order valence-corrected chi connectivity index (χ0v) is 21.6. The van der Waals surface area contributed by atoms with Crippen molar-refractivity contribution in [2.24, 2.45) is 10.7 Å². The number of carbonyl (C=O) groups excluding carboxylic acids is 4. The molecule has 0 spiro atoms. The molecule has 5 N–H and O–H groups in total. The quantitative estimate of drug-likeness (QED) is 0.115. The fourth-order valence-electron chi connectivity index (χ4n) is 3.56. The minimum Gasteiger partial charge on any atom is -0.478 e. The zero-order chi connectivity index (χ0) is 28.7. The number of aromatic amines is 1. The van der Waals surface area contributed by atoms with Crippen LogP contribution in [0.5, 0.6) is 0 Å². The highest BCUT2D eigenvalue weighted by molar-refractivity contribution is 6.08. The number of benzene rings is 1. The van der Waals surface area contributed by atoms with Crippen LogP contribution in [0.1, 0.15) is 57.3 Å². The molecule has 0 atom stereocenters. The number of hydrogen-bond acceptors (Lipinski definition) is 8. The Kier molecular flexibility index (Phi) is 9.20. The highest BCUT2D eigenvalue weighted by atomic mass is 16.7. The Morgan fingerprint density at radius 1 is 1.18 bits per heavy atom. The molecule has 39 heavy (non-hydrogen) atoms. The number of nitrogens with one attached hydrogen (secondary N) is 2. The fourth-order valence-corrected chi connectivity index (χ4v) is 3.56. The van der Waals surface area contributed by atoms with Crippen molar-refractivity contribution < 1.29 is 38.6 Å². The van der Waals surface area contributed by atoms with Crippen molar-refractivity contribution in [1.82, 2.24) is 15.2 Å². The lowest BCUT2D eigenvalue weighted by atomic mass is 10.1. The zero-order valence-electron chi connectivity index (χ0n) is 21.6. The lowest BCUT2D eigenvalue weighted by Gasteiger charge is -2.19. The van der Waals surface area contributed by atoms with E-state index >= 15 is 0 Å². The van der Waals surface area contributed by atoms with Crippen LogP contribution in [0.4, 0.5) is 10.5 Å². The van der Waals surface area contributed by atoms with Crippen molar-refractivity contribution in [3.05, 3.63) is 64.5 Å². The van der Waals surface area contributed by atoms with Crippen molar-refractivity contribution in [1.29, 1.82) is 0 Å². The second-order valence-corrected chi connectivity index (χ2v) is 8.63. The number of rotatable bonds is 10. The van der Waals surface area contributed by atoms with Gasteiger partial charge in [-0.25, -0.2) is 24.3 Å². The molecule has 206 valence electrons. The molecule has 0 aliphatic heterocycles. The number of aliphatic carboxylic acids is 1. The summed E-state index contributed by atoms with van der Waals surface area (Å²) in [7, 11) is 0. The number of amidine groups is 1. The Bertz CT molecular complexity index is 1360. The molecule has 1 saturated carbocycles. The number of esters is 1. The molecule has 0 unspecified atom stereocenters. The van der Waals surface area contributed by atoms with Gasteiger partial charge in [-0.15, -0.1) is 0 Å². The summed E-state index contributed by atoms with van der Waals surface area (Å²) in [6.07, 6.45) is 2.80. The Morgan fingerprint density at radius 2 is 1.90 bits per heavy atom. The second-order valence-electron chi connectivity index (χ2n) is 8.63. The van der Waals surface area contributed by atoms with Gasteiger partial charge in [0.15, 0.2) is 0 Å². The Balaban J connectivity index is 1.76. The highest BCUT2D eigenvalue weighted by Gasteiger charge is 2.40. The molecule has 1 aromatic carbocycles. The number of carboxylic acid groups (broad SMARTS) is 1. The van der Waals surface area contributed by atoms with Gasteiger partial charge in [0.2, 0.25) is 6.79 Å². The summed E-state index contributed by atoms with van der Waals surface area (Å²) in [4.78, 5) is 68.3. The maximum Gasteiger partial charge on any atom is 0.419 e. The molecule has 0 bridgehead atoms. The van der Waals surface area contributed by atoms with Crippen molar-refractivity contribution in [2.75, 3.05) is 13.3 Å². The van der Waals surface area contributed by atoms with Gasteiger partial charge in [-0.2, -0.15) is 0 Å². The summed E-state index contributed by atoms with van der Waals surface area (Å²) in [6.45, 7) is 4.96. The Morgan fingerprint density at radius 3 is 2.54 bits per heavy atom. The van der Waals surface area contributed by atoms with Gasteiger partial charge in [-0.3, -0.25) is 9.59 Å². The summed E-state index contributed by atoms with van der Waals surface area (Å²) in [5.41, 5.74) is 8.92. The molecule has 13 heteroatoms. The van der Waals surface area contributed by atoms with Crippen LogP contribution in [0.25, 0.3) is 0 Å². The van der Waals surface area contributed by atoms with Crippen LogP contribution < -0.4 is 11.1 Å². The lowest BCUT2D eigenvalue weighted by molar-refractivity contribution is -0.146. The molecule has 3 rings (SSSR count). The Labute approximate surface area is 223 Å². The summed E-state index contributed by atoms with van der Waals surface area (Å²) < 4.78 is 9.54. The Hall–Kier alpha value is -4.94. The number of H-pyrrole nitrogens is 1. The standard InChI is InChI=1S/C26H29N5O8/c1-4-28-24(35)16-6-5-14(2)19(11-16)30-23(27)22-15(3)18(12-29-22)25(36)31(17-7-8-17)26(37)39-13-38-21(34)10-9-20(32)33/h5-6,9-12,17,29H,4,7-8,13H2,1-3H3,(H2,27,30)(H,28,35)(H,32,33)/b10-9+. The van der Waals surface area contributed by atoms with Gasteiger partial charge in [-0.1, -0.05) is 6.07 Å². The number of hydrogen-bond donors (Lipinski definition) is 4. The number of ether oxygens (including phenoxy) is 2. The monoisotopic (exact) mass is 539 g/mol. The number of carbonyl (C=O) groups is 5. The van der Waals surface area contributed by atoms with Crippen LogP contribution in [0.2, 0.25) is 0 Å². The first-order valence-electron chi connectivity index (χ1n) is 12.0. The highest BCUT2D eigenvalue weighted by Crippen LogP contribution is 2.30. The molecule has 1 heterocycles. The smallest absolute Gasteiger partial charge is 0.419 e. The van der Waals surface area contributed by atoms with Gasteiger partial charge in [0, 0.05) is 36.5 Å². The largest absolute Gasteiger partial charge is 0.478 e. The van der Waals surface area contributed by atoms with E-state index < -0.39 is 30.7 Å². The molecule has 2 aromatic rings. The minimum absolute atomic E-state index is 0.0737. The predicted molar refractivity (Wildman–Crippen MR) is 139 cm³/mol. The predicted octanol–water partition coefficient (Wildman–Crippen LogP) is 2.30. The SMILES string of the molecule is CCNC(=O)c1ccc(C)c(N=C(N)c2[nH]cc(C(=O)N(C(=O)OCOC(=O)/C=C/C(=O)O)C3CC3)c2C)c1. The van der Waals surface area contributed by atoms with Crippen molar-refractivity contribution in [2.45, 2.75) is 39.7 Å². The molecular formula is C26H29N5O8. The molecule has 0 saturated heterocycles. The van der Waals surface area contributed by atoms with Crippen LogP contribution in [-0.2, 0) is 19.1 Å². The van der Waals surface area contributed by atoms with Crippen molar-refractivity contribution in [3.8, 4) is 0 Å². The van der Waals surface area contributed by atoms with E-state index in [4.69, 9.17) is 15.6 Å². The van der Waals surface area contributed by atoms with Crippen molar-refractivity contribution >= 4 is 41.4 Å². The number of nitrogens with zero attached hydrogens (tertiary/aromatic N) is 2. The van der Waals surface area contributed by atoms with E-state index in [2.05, 4.69) is 20.0 Å². The number of aryl methyl sites for hydroxylation is 1. The van der Waals surface area contributed by atoms with Crippen LogP contribution in [0.3, 0.4) is 0 Å². The molecule has 1 aliphatic rings. The average molecular weight is 540 g/mol. The summed E-state index contributed by atoms with van der Waals surface area (Å²) in [5.74, 6) is -3.17. The van der Waals surface area contributed by atoms with Gasteiger partial charge >= 0.3 is 18.0 Å². The van der Waals surface area contributed by atoms with E-state index in [9.17, 15) is 24.0 Å². The van der Waals surface area contributed by atoms with Crippen LogP contribution in [-0.4, -0.2) is 70.1 Å². The fraction of sp³-hybridized carbons (Fsp3) is 0.308. The number of carboxylic acids is 1. The first kappa shape index (κ1) is 28.6. The summed E-state index contributed by atoms with van der Waals surface area (Å²) in [5, 5.41) is 11.2. The number of aliphatic imine (C=N–C) groups is 1. The first-order valence-corrected chi connectivity index (χ1v) is 12.0. The number of nitrogens with two attached hydrogens (primary N) is 1. The van der Waals surface area contributed by atoms with E-state index in [0.29, 0.717) is 54.0 Å². The van der Waals surface area contributed by atoms with E-state index in [1.165, 1.54) is 6.20 Å². The minimum atomic E-state index is -1.34. The molecule has 1 aliphatic carbocycles. The van der Waals surface area contributed by atoms with Gasteiger partial charge in [0.1, 0.15) is 5.84 Å². The third-order valence-electron chi connectivity index (χ3n) is 5.75. The van der Waals surface area contributed by atoms with Gasteiger partial charge in [-0.05, 0) is 56.9 Å². The van der Waals surface area contributed by atoms with Gasteiger partial charge < -0.3 is 30.6 Å². The molecule has 1 fully saturated rings. The first-order chi connectivity index (χ1) is 18.5. The summed E-state index contributed by atoms with van der Waals surface area (Å²) in [6, 6.07) is 4.68. The normalized spacial score (nSPS) is 13.2. The third kappa shape index (κ3) is 7.31. The van der Waals surface area contributed by atoms with Gasteiger partial charge in [0.25, 0.3) is 11.8 Å². The second kappa shape index (κ2) is 12.5. The van der Waals surface area contributed by atoms with E-state index in [1.54, 1.807) is 25.1 Å². The van der Waals surface area contributed by atoms with Crippen LogP contribution in [0.15, 0.2) is 41.5 Å². The van der Waals surface area contributed by atoms with Crippen LogP contribution >= 0.6 is 0 Å². The van der Waals surface area contributed by atoms with Gasteiger partial charge in [0.05, 0.1) is 16.9 Å². The molecular weight excluding hydrogens is 510 g/mol.